The van der Waals surface area contributed by atoms with Crippen molar-refractivity contribution in [3.05, 3.63) is 0 Å². The molecule has 2 aliphatic rings. The van der Waals surface area contributed by atoms with Crippen LogP contribution >= 0.6 is 0 Å². The first kappa shape index (κ1) is 11.4. The molecule has 0 radical (unpaired) electrons. The molecule has 0 saturated carbocycles. The smallest absolute Gasteiger partial charge is 0.0700 e. The zero-order valence-electron chi connectivity index (χ0n) is 9.87. The van der Waals surface area contributed by atoms with E-state index in [9.17, 15) is 0 Å². The van der Waals surface area contributed by atoms with E-state index in [-0.39, 0.29) is 0 Å². The van der Waals surface area contributed by atoms with Crippen LogP contribution in [0.15, 0.2) is 0 Å². The van der Waals surface area contributed by atoms with Crippen molar-refractivity contribution < 1.29 is 4.74 Å². The SMILES string of the molecule is CCN1CCCC1CNCC1CCCO1. The maximum absolute atomic E-state index is 5.59. The molecule has 2 heterocycles. The summed E-state index contributed by atoms with van der Waals surface area (Å²) < 4.78 is 5.59. The summed E-state index contributed by atoms with van der Waals surface area (Å²) >= 11 is 0. The molecule has 0 aromatic rings. The Bertz CT molecular complexity index is 180. The van der Waals surface area contributed by atoms with E-state index in [2.05, 4.69) is 17.1 Å². The van der Waals surface area contributed by atoms with Gasteiger partial charge in [0.25, 0.3) is 0 Å². The largest absolute Gasteiger partial charge is 0.377 e. The van der Waals surface area contributed by atoms with Crippen molar-refractivity contribution in [1.82, 2.24) is 10.2 Å². The minimum atomic E-state index is 0.487. The molecule has 2 atom stereocenters. The molecule has 0 bridgehead atoms. The van der Waals surface area contributed by atoms with Crippen LogP contribution in [0, 0.1) is 0 Å². The lowest BCUT2D eigenvalue weighted by molar-refractivity contribution is 0.108. The fraction of sp³-hybridized carbons (Fsp3) is 1.00. The zero-order valence-corrected chi connectivity index (χ0v) is 9.87. The van der Waals surface area contributed by atoms with Gasteiger partial charge in [0.2, 0.25) is 0 Å². The van der Waals surface area contributed by atoms with E-state index in [0.717, 1.165) is 25.7 Å². The van der Waals surface area contributed by atoms with Crippen molar-refractivity contribution in [1.29, 1.82) is 0 Å². The van der Waals surface area contributed by atoms with Crippen molar-refractivity contribution in [2.45, 2.75) is 44.8 Å². The number of hydrogen-bond donors (Lipinski definition) is 1. The van der Waals surface area contributed by atoms with Crippen LogP contribution in [0.5, 0.6) is 0 Å². The average Bonchev–Trinajstić information content (AvgIpc) is 2.88. The van der Waals surface area contributed by atoms with E-state index in [1.54, 1.807) is 0 Å². The van der Waals surface area contributed by atoms with Gasteiger partial charge in [-0.2, -0.15) is 0 Å². The summed E-state index contributed by atoms with van der Waals surface area (Å²) in [6.45, 7) is 7.92. The van der Waals surface area contributed by atoms with Gasteiger partial charge in [0.05, 0.1) is 6.10 Å². The van der Waals surface area contributed by atoms with Gasteiger partial charge in [-0.15, -0.1) is 0 Å². The minimum Gasteiger partial charge on any atom is -0.377 e. The summed E-state index contributed by atoms with van der Waals surface area (Å²) in [5.74, 6) is 0. The Kier molecular flexibility index (Phi) is 4.42. The molecule has 2 unspecified atom stereocenters. The first-order valence-electron chi connectivity index (χ1n) is 6.46. The summed E-state index contributed by atoms with van der Waals surface area (Å²) in [5.41, 5.74) is 0. The van der Waals surface area contributed by atoms with Gasteiger partial charge in [-0.1, -0.05) is 6.92 Å². The fourth-order valence-corrected chi connectivity index (χ4v) is 2.76. The normalized spacial score (nSPS) is 32.6. The van der Waals surface area contributed by atoms with E-state index in [1.807, 2.05) is 0 Å². The molecule has 0 spiro atoms. The van der Waals surface area contributed by atoms with E-state index in [0.29, 0.717) is 6.10 Å². The molecule has 2 fully saturated rings. The predicted molar refractivity (Wildman–Crippen MR) is 62.1 cm³/mol. The highest BCUT2D eigenvalue weighted by atomic mass is 16.5. The summed E-state index contributed by atoms with van der Waals surface area (Å²) in [6, 6.07) is 0.774. The summed E-state index contributed by atoms with van der Waals surface area (Å²) in [6.07, 6.45) is 5.72. The maximum atomic E-state index is 5.59. The van der Waals surface area contributed by atoms with Crippen LogP contribution in [0.1, 0.15) is 32.6 Å². The van der Waals surface area contributed by atoms with Gasteiger partial charge in [0.1, 0.15) is 0 Å². The number of nitrogens with one attached hydrogen (secondary N) is 1. The second kappa shape index (κ2) is 5.83. The van der Waals surface area contributed by atoms with Crippen molar-refractivity contribution in [3.8, 4) is 0 Å². The Hall–Kier alpha value is -0.120. The van der Waals surface area contributed by atoms with Crippen LogP contribution < -0.4 is 5.32 Å². The minimum absolute atomic E-state index is 0.487. The van der Waals surface area contributed by atoms with E-state index < -0.39 is 0 Å². The third kappa shape index (κ3) is 3.16. The third-order valence-corrected chi connectivity index (χ3v) is 3.68. The molecule has 2 saturated heterocycles. The molecular formula is C12H24N2O. The number of likely N-dealkylation sites (tertiary alicyclic amines) is 1. The van der Waals surface area contributed by atoms with Crippen molar-refractivity contribution >= 4 is 0 Å². The summed E-state index contributed by atoms with van der Waals surface area (Å²) in [4.78, 5) is 2.59. The molecular weight excluding hydrogens is 188 g/mol. The van der Waals surface area contributed by atoms with E-state index >= 15 is 0 Å². The van der Waals surface area contributed by atoms with Gasteiger partial charge in [-0.3, -0.25) is 4.90 Å². The maximum Gasteiger partial charge on any atom is 0.0700 e. The summed E-state index contributed by atoms with van der Waals surface area (Å²) in [7, 11) is 0. The molecule has 0 amide bonds. The van der Waals surface area contributed by atoms with Crippen LogP contribution in [-0.2, 0) is 4.74 Å². The van der Waals surface area contributed by atoms with Crippen molar-refractivity contribution in [3.63, 3.8) is 0 Å². The molecule has 3 heteroatoms. The second-order valence-corrected chi connectivity index (χ2v) is 4.72. The quantitative estimate of drug-likeness (QED) is 0.742. The van der Waals surface area contributed by atoms with E-state index in [4.69, 9.17) is 4.74 Å². The lowest BCUT2D eigenvalue weighted by Gasteiger charge is -2.23. The lowest BCUT2D eigenvalue weighted by Crippen LogP contribution is -2.40. The van der Waals surface area contributed by atoms with E-state index in [1.165, 1.54) is 38.8 Å². The van der Waals surface area contributed by atoms with Gasteiger partial charge >= 0.3 is 0 Å². The molecule has 0 aromatic carbocycles. The molecule has 2 aliphatic heterocycles. The monoisotopic (exact) mass is 212 g/mol. The predicted octanol–water partition coefficient (Wildman–Crippen LogP) is 1.24. The van der Waals surface area contributed by atoms with Crippen LogP contribution in [-0.4, -0.2) is 49.8 Å². The van der Waals surface area contributed by atoms with Crippen molar-refractivity contribution in [2.75, 3.05) is 32.8 Å². The molecule has 3 nitrogen and oxygen atoms in total. The van der Waals surface area contributed by atoms with Crippen LogP contribution in [0.4, 0.5) is 0 Å². The Balaban J connectivity index is 1.60. The molecule has 2 rings (SSSR count). The molecule has 1 N–H and O–H groups in total. The van der Waals surface area contributed by atoms with Gasteiger partial charge in [-0.05, 0) is 38.8 Å². The van der Waals surface area contributed by atoms with Gasteiger partial charge in [0, 0.05) is 25.7 Å². The highest BCUT2D eigenvalue weighted by Gasteiger charge is 2.23. The molecule has 88 valence electrons. The van der Waals surface area contributed by atoms with Crippen LogP contribution in [0.25, 0.3) is 0 Å². The standard InChI is InChI=1S/C12H24N2O/c1-2-14-7-3-5-11(14)9-13-10-12-6-4-8-15-12/h11-13H,2-10H2,1H3. The number of ether oxygens (including phenoxy) is 1. The Morgan fingerprint density at radius 1 is 1.27 bits per heavy atom. The first-order valence-corrected chi connectivity index (χ1v) is 6.46. The van der Waals surface area contributed by atoms with Gasteiger partial charge < -0.3 is 10.1 Å². The number of hydrogen-bond acceptors (Lipinski definition) is 3. The Labute approximate surface area is 93.2 Å². The summed E-state index contributed by atoms with van der Waals surface area (Å²) in [5, 5.41) is 3.57. The lowest BCUT2D eigenvalue weighted by atomic mass is 10.2. The number of nitrogens with zero attached hydrogens (tertiary/aromatic N) is 1. The average molecular weight is 212 g/mol. The van der Waals surface area contributed by atoms with Crippen LogP contribution in [0.3, 0.4) is 0 Å². The third-order valence-electron chi connectivity index (χ3n) is 3.68. The van der Waals surface area contributed by atoms with Gasteiger partial charge in [-0.25, -0.2) is 0 Å². The topological polar surface area (TPSA) is 24.5 Å². The highest BCUT2D eigenvalue weighted by Crippen LogP contribution is 2.16. The number of rotatable bonds is 5. The zero-order chi connectivity index (χ0) is 10.5. The highest BCUT2D eigenvalue weighted by molar-refractivity contribution is 4.80. The van der Waals surface area contributed by atoms with Gasteiger partial charge in [0.15, 0.2) is 0 Å². The molecule has 0 aromatic heterocycles. The Morgan fingerprint density at radius 2 is 2.20 bits per heavy atom. The van der Waals surface area contributed by atoms with Crippen LogP contribution in [0.2, 0.25) is 0 Å². The fourth-order valence-electron chi connectivity index (χ4n) is 2.76. The number of likely N-dealkylation sites (N-methyl/N-ethyl adjacent to an activating group) is 1. The molecule has 0 aliphatic carbocycles. The molecule has 15 heavy (non-hydrogen) atoms. The first-order chi connectivity index (χ1) is 7.40. The second-order valence-electron chi connectivity index (χ2n) is 4.72. The Morgan fingerprint density at radius 3 is 2.93 bits per heavy atom. The van der Waals surface area contributed by atoms with Crippen molar-refractivity contribution in [2.24, 2.45) is 0 Å².